The zero-order valence-electron chi connectivity index (χ0n) is 18.4. The third-order valence-corrected chi connectivity index (χ3v) is 6.02. The Balaban J connectivity index is 1.46. The second-order valence-corrected chi connectivity index (χ2v) is 8.10. The number of rotatable bonds is 4. The summed E-state index contributed by atoms with van der Waals surface area (Å²) in [7, 11) is 3.73. The van der Waals surface area contributed by atoms with Crippen LogP contribution in [0.1, 0.15) is 28.0 Å². The summed E-state index contributed by atoms with van der Waals surface area (Å²) in [6.07, 6.45) is 2.07. The Morgan fingerprint density at radius 1 is 1.16 bits per heavy atom. The van der Waals surface area contributed by atoms with Crippen molar-refractivity contribution >= 4 is 11.6 Å². The topological polar surface area (TPSA) is 76.1 Å². The number of carbonyl (C=O) groups excluding carboxylic acids is 1. The van der Waals surface area contributed by atoms with Crippen molar-refractivity contribution < 1.29 is 14.1 Å². The lowest BCUT2D eigenvalue weighted by molar-refractivity contribution is 0.0531. The predicted octanol–water partition coefficient (Wildman–Crippen LogP) is 3.44. The van der Waals surface area contributed by atoms with Gasteiger partial charge in [0.2, 0.25) is 0 Å². The van der Waals surface area contributed by atoms with Gasteiger partial charge in [0.1, 0.15) is 17.2 Å². The molecule has 8 heteroatoms. The molecule has 1 atom stereocenters. The third kappa shape index (κ3) is 3.62. The lowest BCUT2D eigenvalue weighted by Crippen LogP contribution is -2.49. The summed E-state index contributed by atoms with van der Waals surface area (Å²) in [5, 5.41) is 3.89. The number of methoxy groups -OCH3 is 1. The maximum Gasteiger partial charge on any atom is 0.276 e. The summed E-state index contributed by atoms with van der Waals surface area (Å²) >= 11 is 0. The minimum Gasteiger partial charge on any atom is -0.497 e. The summed E-state index contributed by atoms with van der Waals surface area (Å²) in [6.45, 7) is 3.73. The Labute approximate surface area is 186 Å². The number of pyridine rings is 1. The Morgan fingerprint density at radius 2 is 1.97 bits per heavy atom. The van der Waals surface area contributed by atoms with Crippen molar-refractivity contribution in [1.29, 1.82) is 0 Å². The average Bonchev–Trinajstić information content (AvgIpc) is 3.45. The van der Waals surface area contributed by atoms with Crippen LogP contribution in [0, 0.1) is 6.92 Å². The first-order valence-corrected chi connectivity index (χ1v) is 10.6. The molecule has 1 saturated heterocycles. The van der Waals surface area contributed by atoms with Crippen molar-refractivity contribution in [2.75, 3.05) is 33.8 Å². The number of benzene rings is 1. The van der Waals surface area contributed by atoms with E-state index in [2.05, 4.69) is 33.8 Å². The van der Waals surface area contributed by atoms with Crippen LogP contribution in [0.2, 0.25) is 0 Å². The van der Waals surface area contributed by atoms with Crippen LogP contribution >= 0.6 is 0 Å². The Morgan fingerprint density at radius 3 is 2.69 bits per heavy atom. The summed E-state index contributed by atoms with van der Waals surface area (Å²) in [5.41, 5.74) is 4.28. The molecule has 1 aliphatic heterocycles. The minimum absolute atomic E-state index is 0.00989. The molecule has 1 aliphatic rings. The standard InChI is InChI=1S/C24H25N5O3/c1-16-13-19(26-32-16)24(30)28-12-11-27(2)22(15-28)20-14-29-21(5-4-6-23(29)25-20)17-7-9-18(31-3)10-8-17/h4-10,13-14,22H,11-12,15H2,1-3H3. The largest absolute Gasteiger partial charge is 0.497 e. The highest BCUT2D eigenvalue weighted by Gasteiger charge is 2.31. The van der Waals surface area contributed by atoms with Crippen molar-refractivity contribution in [3.8, 4) is 17.0 Å². The normalized spacial score (nSPS) is 17.1. The van der Waals surface area contributed by atoms with Crippen LogP contribution in [0.5, 0.6) is 5.75 Å². The van der Waals surface area contributed by atoms with E-state index in [0.717, 1.165) is 34.9 Å². The highest BCUT2D eigenvalue weighted by atomic mass is 16.5. The first kappa shape index (κ1) is 20.3. The first-order valence-electron chi connectivity index (χ1n) is 10.6. The second-order valence-electron chi connectivity index (χ2n) is 8.10. The van der Waals surface area contributed by atoms with Gasteiger partial charge in [-0.25, -0.2) is 4.98 Å². The highest BCUT2D eigenvalue weighted by molar-refractivity contribution is 5.92. The number of amides is 1. The summed E-state index contributed by atoms with van der Waals surface area (Å²) in [4.78, 5) is 21.9. The third-order valence-electron chi connectivity index (χ3n) is 6.02. The number of piperazine rings is 1. The number of likely N-dealkylation sites (N-methyl/N-ethyl adjacent to an activating group) is 1. The fourth-order valence-electron chi connectivity index (χ4n) is 4.19. The lowest BCUT2D eigenvalue weighted by Gasteiger charge is -2.38. The van der Waals surface area contributed by atoms with Gasteiger partial charge in [0.25, 0.3) is 5.91 Å². The van der Waals surface area contributed by atoms with E-state index in [9.17, 15) is 4.79 Å². The molecule has 4 aromatic rings. The molecule has 1 amide bonds. The van der Waals surface area contributed by atoms with Crippen LogP contribution in [0.3, 0.4) is 0 Å². The molecule has 0 N–H and O–H groups in total. The number of ether oxygens (including phenoxy) is 1. The second kappa shape index (κ2) is 8.12. The molecule has 0 aliphatic carbocycles. The molecule has 4 heterocycles. The van der Waals surface area contributed by atoms with Crippen LogP contribution in [-0.4, -0.2) is 64.0 Å². The van der Waals surface area contributed by atoms with Crippen molar-refractivity contribution in [1.82, 2.24) is 24.3 Å². The number of imidazole rings is 1. The molecule has 0 radical (unpaired) electrons. The number of hydrogen-bond acceptors (Lipinski definition) is 6. The molecule has 0 saturated carbocycles. The molecule has 5 rings (SSSR count). The lowest BCUT2D eigenvalue weighted by atomic mass is 10.1. The number of hydrogen-bond donors (Lipinski definition) is 0. The maximum atomic E-state index is 12.9. The Kier molecular flexibility index (Phi) is 5.14. The van der Waals surface area contributed by atoms with Gasteiger partial charge >= 0.3 is 0 Å². The van der Waals surface area contributed by atoms with Crippen LogP contribution in [0.15, 0.2) is 59.3 Å². The van der Waals surface area contributed by atoms with Gasteiger partial charge in [-0.3, -0.25) is 14.1 Å². The number of aromatic nitrogens is 3. The molecule has 164 valence electrons. The van der Waals surface area contributed by atoms with Crippen LogP contribution in [0.4, 0.5) is 0 Å². The van der Waals surface area contributed by atoms with Gasteiger partial charge in [0.05, 0.1) is 24.5 Å². The van der Waals surface area contributed by atoms with E-state index in [1.807, 2.05) is 41.3 Å². The van der Waals surface area contributed by atoms with Gasteiger partial charge in [0.15, 0.2) is 5.69 Å². The van der Waals surface area contributed by atoms with E-state index in [-0.39, 0.29) is 11.9 Å². The molecular weight excluding hydrogens is 406 g/mol. The SMILES string of the molecule is COc1ccc(-c2cccc3nc(C4CN(C(=O)c5cc(C)on5)CCN4C)cn23)cc1. The molecule has 3 aromatic heterocycles. The molecular formula is C24H25N5O3. The fraction of sp³-hybridized carbons (Fsp3) is 0.292. The van der Waals surface area contributed by atoms with Gasteiger partial charge in [-0.15, -0.1) is 0 Å². The summed E-state index contributed by atoms with van der Waals surface area (Å²) in [5.74, 6) is 1.34. The van der Waals surface area contributed by atoms with Crippen LogP contribution in [-0.2, 0) is 0 Å². The number of nitrogens with zero attached hydrogens (tertiary/aromatic N) is 5. The van der Waals surface area contributed by atoms with Crippen molar-refractivity contribution in [2.24, 2.45) is 0 Å². The monoisotopic (exact) mass is 431 g/mol. The van der Waals surface area contributed by atoms with Gasteiger partial charge < -0.3 is 14.2 Å². The zero-order valence-corrected chi connectivity index (χ0v) is 18.4. The van der Waals surface area contributed by atoms with Crippen molar-refractivity contribution in [3.63, 3.8) is 0 Å². The molecule has 1 unspecified atom stereocenters. The van der Waals surface area contributed by atoms with E-state index in [0.29, 0.717) is 24.5 Å². The van der Waals surface area contributed by atoms with E-state index < -0.39 is 0 Å². The number of fused-ring (bicyclic) bond motifs is 1. The van der Waals surface area contributed by atoms with Crippen molar-refractivity contribution in [3.05, 3.63) is 71.9 Å². The van der Waals surface area contributed by atoms with Gasteiger partial charge in [-0.1, -0.05) is 11.2 Å². The maximum absolute atomic E-state index is 12.9. The highest BCUT2D eigenvalue weighted by Crippen LogP contribution is 2.28. The van der Waals surface area contributed by atoms with E-state index in [1.54, 1.807) is 20.1 Å². The smallest absolute Gasteiger partial charge is 0.276 e. The average molecular weight is 431 g/mol. The Hall–Kier alpha value is -3.65. The number of carbonyl (C=O) groups is 1. The number of aryl methyl sites for hydroxylation is 1. The molecule has 0 spiro atoms. The molecule has 8 nitrogen and oxygen atoms in total. The van der Waals surface area contributed by atoms with E-state index in [1.165, 1.54) is 0 Å². The van der Waals surface area contributed by atoms with Gasteiger partial charge in [-0.05, 0) is 55.9 Å². The Bertz CT molecular complexity index is 1260. The first-order chi connectivity index (χ1) is 15.5. The molecule has 32 heavy (non-hydrogen) atoms. The van der Waals surface area contributed by atoms with Crippen LogP contribution < -0.4 is 4.74 Å². The zero-order chi connectivity index (χ0) is 22.2. The van der Waals surface area contributed by atoms with E-state index in [4.69, 9.17) is 14.2 Å². The van der Waals surface area contributed by atoms with Gasteiger partial charge in [0, 0.05) is 31.9 Å². The van der Waals surface area contributed by atoms with E-state index >= 15 is 0 Å². The summed E-state index contributed by atoms with van der Waals surface area (Å²) < 4.78 is 12.5. The predicted molar refractivity (Wildman–Crippen MR) is 120 cm³/mol. The van der Waals surface area contributed by atoms with Crippen LogP contribution in [0.25, 0.3) is 16.9 Å². The minimum atomic E-state index is -0.109. The molecule has 1 fully saturated rings. The molecule has 0 bridgehead atoms. The fourth-order valence-corrected chi connectivity index (χ4v) is 4.19. The summed E-state index contributed by atoms with van der Waals surface area (Å²) in [6, 6.07) is 15.8. The van der Waals surface area contributed by atoms with Gasteiger partial charge in [-0.2, -0.15) is 0 Å². The quantitative estimate of drug-likeness (QED) is 0.493. The molecule has 1 aromatic carbocycles. The van der Waals surface area contributed by atoms with Crippen molar-refractivity contribution in [2.45, 2.75) is 13.0 Å².